The van der Waals surface area contributed by atoms with Crippen molar-refractivity contribution in [2.45, 2.75) is 25.5 Å². The van der Waals surface area contributed by atoms with E-state index in [0.717, 1.165) is 0 Å². The lowest BCUT2D eigenvalue weighted by molar-refractivity contribution is 0.140. The number of hydrogen-bond donors (Lipinski definition) is 2. The summed E-state index contributed by atoms with van der Waals surface area (Å²) in [6.07, 6.45) is -0.290. The van der Waals surface area contributed by atoms with Gasteiger partial charge in [0, 0.05) is 11.6 Å². The quantitative estimate of drug-likeness (QED) is 0.817. The maximum atomic E-state index is 13.1. The fraction of sp³-hybridized carbons (Fsp3) is 0.400. The highest BCUT2D eigenvalue weighted by Crippen LogP contribution is 2.19. The molecule has 0 spiro atoms. The summed E-state index contributed by atoms with van der Waals surface area (Å²) in [5.41, 5.74) is 5.88. The fourth-order valence-electron chi connectivity index (χ4n) is 1.17. The molecule has 4 heteroatoms. The normalized spacial score (nSPS) is 14.3. The van der Waals surface area contributed by atoms with Gasteiger partial charge in [-0.25, -0.2) is 4.39 Å². The lowest BCUT2D eigenvalue weighted by Crippen LogP contribution is -2.27. The molecule has 0 bridgehead atoms. The maximum Gasteiger partial charge on any atom is 0.129 e. The summed E-state index contributed by atoms with van der Waals surface area (Å²) in [4.78, 5) is 0. The van der Waals surface area contributed by atoms with Crippen molar-refractivity contribution in [2.24, 2.45) is 5.73 Å². The van der Waals surface area contributed by atoms with E-state index in [1.54, 1.807) is 18.2 Å². The van der Waals surface area contributed by atoms with E-state index in [1.165, 1.54) is 6.07 Å². The zero-order valence-electron chi connectivity index (χ0n) is 7.98. The van der Waals surface area contributed by atoms with Gasteiger partial charge in [-0.2, -0.15) is 0 Å². The predicted molar refractivity (Wildman–Crippen MR) is 56.9 cm³/mol. The Hall–Kier alpha value is -0.640. The first-order chi connectivity index (χ1) is 6.16. The lowest BCUT2D eigenvalue weighted by atomic mass is 10.0. The molecule has 1 rings (SSSR count). The molecule has 0 fully saturated rings. The molecule has 2 atom stereocenters. The Balaban J connectivity index is 0.00000169. The Labute approximate surface area is 89.3 Å². The van der Waals surface area contributed by atoms with Crippen LogP contribution in [0.1, 0.15) is 25.0 Å². The molecule has 0 aliphatic carbocycles. The molecule has 0 saturated heterocycles. The Morgan fingerprint density at radius 3 is 2.50 bits per heavy atom. The average Bonchev–Trinajstić information content (AvgIpc) is 2.16. The molecular weight excluding hydrogens is 205 g/mol. The number of nitrogens with two attached hydrogens (primary N) is 1. The van der Waals surface area contributed by atoms with E-state index < -0.39 is 18.0 Å². The molecule has 2 nitrogen and oxygen atoms in total. The van der Waals surface area contributed by atoms with E-state index in [9.17, 15) is 9.50 Å². The van der Waals surface area contributed by atoms with Gasteiger partial charge in [0.2, 0.25) is 0 Å². The third kappa shape index (κ3) is 2.94. The van der Waals surface area contributed by atoms with Crippen LogP contribution in [0.15, 0.2) is 24.3 Å². The molecule has 2 unspecified atom stereocenters. The van der Waals surface area contributed by atoms with Crippen molar-refractivity contribution in [1.82, 2.24) is 0 Å². The highest BCUT2D eigenvalue weighted by atomic mass is 35.5. The average molecular weight is 220 g/mol. The minimum Gasteiger partial charge on any atom is -0.387 e. The number of rotatable bonds is 3. The molecule has 0 radical (unpaired) electrons. The maximum absolute atomic E-state index is 13.1. The summed E-state index contributed by atoms with van der Waals surface area (Å²) in [5, 5.41) is 9.60. The van der Waals surface area contributed by atoms with Crippen molar-refractivity contribution < 1.29 is 9.50 Å². The second kappa shape index (κ2) is 5.96. The minimum absolute atomic E-state index is 0. The number of hydrogen-bond acceptors (Lipinski definition) is 2. The minimum atomic E-state index is -0.911. The molecule has 0 amide bonds. The second-order valence-electron chi connectivity index (χ2n) is 3.04. The van der Waals surface area contributed by atoms with Crippen molar-refractivity contribution in [3.05, 3.63) is 35.6 Å². The van der Waals surface area contributed by atoms with Crippen LogP contribution in [-0.2, 0) is 0 Å². The molecular formula is C10H15ClFNO. The van der Waals surface area contributed by atoms with E-state index >= 15 is 0 Å². The van der Waals surface area contributed by atoms with E-state index in [-0.39, 0.29) is 18.0 Å². The van der Waals surface area contributed by atoms with Crippen molar-refractivity contribution in [3.63, 3.8) is 0 Å². The van der Waals surface area contributed by atoms with Crippen LogP contribution in [0.25, 0.3) is 0 Å². The second-order valence-corrected chi connectivity index (χ2v) is 3.04. The van der Waals surface area contributed by atoms with E-state index in [2.05, 4.69) is 0 Å². The van der Waals surface area contributed by atoms with E-state index in [4.69, 9.17) is 5.73 Å². The zero-order valence-corrected chi connectivity index (χ0v) is 8.80. The number of benzene rings is 1. The van der Waals surface area contributed by atoms with Crippen LogP contribution in [0.5, 0.6) is 0 Å². The van der Waals surface area contributed by atoms with Crippen LogP contribution in [0.2, 0.25) is 0 Å². The number of halogens is 2. The topological polar surface area (TPSA) is 46.2 Å². The summed E-state index contributed by atoms with van der Waals surface area (Å²) >= 11 is 0. The summed E-state index contributed by atoms with van der Waals surface area (Å²) < 4.78 is 13.1. The molecule has 14 heavy (non-hydrogen) atoms. The highest BCUT2D eigenvalue weighted by Gasteiger charge is 2.17. The lowest BCUT2D eigenvalue weighted by Gasteiger charge is -2.17. The first-order valence-electron chi connectivity index (χ1n) is 4.35. The van der Waals surface area contributed by atoms with Crippen LogP contribution in [0.4, 0.5) is 4.39 Å². The van der Waals surface area contributed by atoms with Crippen molar-refractivity contribution in [2.75, 3.05) is 0 Å². The standard InChI is InChI=1S/C10H14FNO.ClH/c1-2-9(12)10(13)7-5-3-4-6-8(7)11;/h3-6,9-10,13H,2,12H2,1H3;1H. The van der Waals surface area contributed by atoms with Gasteiger partial charge in [-0.05, 0) is 12.5 Å². The predicted octanol–water partition coefficient (Wildman–Crippen LogP) is 2.02. The third-order valence-electron chi connectivity index (χ3n) is 2.10. The van der Waals surface area contributed by atoms with E-state index in [0.29, 0.717) is 6.42 Å². The van der Waals surface area contributed by atoms with Crippen LogP contribution in [-0.4, -0.2) is 11.1 Å². The molecule has 3 N–H and O–H groups in total. The molecule has 1 aromatic rings. The van der Waals surface area contributed by atoms with Gasteiger partial charge in [0.15, 0.2) is 0 Å². The Morgan fingerprint density at radius 2 is 2.00 bits per heavy atom. The molecule has 0 aliphatic rings. The van der Waals surface area contributed by atoms with Crippen molar-refractivity contribution >= 4 is 12.4 Å². The molecule has 1 aromatic carbocycles. The van der Waals surface area contributed by atoms with Crippen LogP contribution in [0, 0.1) is 5.82 Å². The van der Waals surface area contributed by atoms with Gasteiger partial charge in [0.05, 0.1) is 6.10 Å². The van der Waals surface area contributed by atoms with Gasteiger partial charge in [0.1, 0.15) is 5.82 Å². The molecule has 0 saturated carbocycles. The first-order valence-corrected chi connectivity index (χ1v) is 4.35. The fourth-order valence-corrected chi connectivity index (χ4v) is 1.17. The molecule has 80 valence electrons. The van der Waals surface area contributed by atoms with Crippen LogP contribution >= 0.6 is 12.4 Å². The Bertz CT molecular complexity index is 283. The number of aliphatic hydroxyl groups excluding tert-OH is 1. The van der Waals surface area contributed by atoms with Gasteiger partial charge in [-0.1, -0.05) is 25.1 Å². The summed E-state index contributed by atoms with van der Waals surface area (Å²) in [7, 11) is 0. The molecule has 0 aromatic heterocycles. The number of aliphatic hydroxyl groups is 1. The summed E-state index contributed by atoms with van der Waals surface area (Å²) in [6.45, 7) is 1.86. The summed E-state index contributed by atoms with van der Waals surface area (Å²) in [6, 6.07) is 5.74. The van der Waals surface area contributed by atoms with Gasteiger partial charge >= 0.3 is 0 Å². The van der Waals surface area contributed by atoms with Crippen molar-refractivity contribution in [3.8, 4) is 0 Å². The Kier molecular flexibility index (Phi) is 5.69. The van der Waals surface area contributed by atoms with Gasteiger partial charge in [-0.15, -0.1) is 12.4 Å². The third-order valence-corrected chi connectivity index (χ3v) is 2.10. The van der Waals surface area contributed by atoms with Gasteiger partial charge in [0.25, 0.3) is 0 Å². The smallest absolute Gasteiger partial charge is 0.129 e. The molecule has 0 heterocycles. The van der Waals surface area contributed by atoms with E-state index in [1.807, 2.05) is 6.92 Å². The Morgan fingerprint density at radius 1 is 1.43 bits per heavy atom. The largest absolute Gasteiger partial charge is 0.387 e. The zero-order chi connectivity index (χ0) is 9.84. The molecule has 0 aliphatic heterocycles. The van der Waals surface area contributed by atoms with Crippen LogP contribution in [0.3, 0.4) is 0 Å². The van der Waals surface area contributed by atoms with Gasteiger partial charge < -0.3 is 10.8 Å². The van der Waals surface area contributed by atoms with Crippen LogP contribution < -0.4 is 5.73 Å². The van der Waals surface area contributed by atoms with Gasteiger partial charge in [-0.3, -0.25) is 0 Å². The summed E-state index contributed by atoms with van der Waals surface area (Å²) in [5.74, 6) is -0.404. The highest BCUT2D eigenvalue weighted by molar-refractivity contribution is 5.85. The van der Waals surface area contributed by atoms with Crippen molar-refractivity contribution in [1.29, 1.82) is 0 Å². The first kappa shape index (κ1) is 13.4. The SMILES string of the molecule is CCC(N)C(O)c1ccccc1F.Cl. The monoisotopic (exact) mass is 219 g/mol.